The van der Waals surface area contributed by atoms with Crippen LogP contribution in [0.25, 0.3) is 11.0 Å². The fraction of sp³-hybridized carbons (Fsp3) is 0.478. The number of aliphatic hydroxyl groups excluding tert-OH is 1. The highest BCUT2D eigenvalue weighted by Crippen LogP contribution is 2.38. The minimum Gasteiger partial charge on any atom is -0.396 e. The van der Waals surface area contributed by atoms with E-state index < -0.39 is 47.3 Å². The summed E-state index contributed by atoms with van der Waals surface area (Å²) in [5.74, 6) is -1.67. The van der Waals surface area contributed by atoms with Crippen LogP contribution >= 0.6 is 0 Å². The first-order valence-electron chi connectivity index (χ1n) is 22.0. The lowest BCUT2D eigenvalue weighted by Crippen LogP contribution is -2.54. The summed E-state index contributed by atoms with van der Waals surface area (Å²) in [5.41, 5.74) is 3.10. The summed E-state index contributed by atoms with van der Waals surface area (Å²) < 4.78 is 42.4. The van der Waals surface area contributed by atoms with E-state index in [1.807, 2.05) is 22.8 Å². The first-order chi connectivity index (χ1) is 30.3. The number of carbonyl (C=O) groups is 5. The van der Waals surface area contributed by atoms with Gasteiger partial charge in [-0.15, -0.1) is 0 Å². The largest absolute Gasteiger partial charge is 0.416 e. The summed E-state index contributed by atoms with van der Waals surface area (Å²) in [6.45, 7) is 7.16. The number of halogens is 3. The molecule has 3 aromatic carbocycles. The average Bonchev–Trinajstić information content (AvgIpc) is 3.76. The third-order valence-electron chi connectivity index (χ3n) is 13.7. The SMILES string of the molecule is O=C1CCC(N2C(=O)c3ccc(N4CCC(CN5CCN(Cc6ccc7nc(NC(=O)c8cccc(C(F)(F)F)c8)n(C8CCC(CO)CC8)c7c6)CC5)CC4)cc3C2=O)C(=O)N1. The Morgan fingerprint density at radius 2 is 1.52 bits per heavy atom. The summed E-state index contributed by atoms with van der Waals surface area (Å²) in [6, 6.07) is 14.8. The van der Waals surface area contributed by atoms with E-state index in [1.165, 1.54) is 12.1 Å². The molecule has 14 nitrogen and oxygen atoms in total. The van der Waals surface area contributed by atoms with E-state index in [4.69, 9.17) is 4.98 Å². The second kappa shape index (κ2) is 17.5. The van der Waals surface area contributed by atoms with Crippen molar-refractivity contribution in [2.24, 2.45) is 11.8 Å². The smallest absolute Gasteiger partial charge is 0.396 e. The van der Waals surface area contributed by atoms with E-state index in [-0.39, 0.29) is 42.5 Å². The second-order valence-corrected chi connectivity index (χ2v) is 17.7. The van der Waals surface area contributed by atoms with Gasteiger partial charge in [-0.3, -0.25) is 44.4 Å². The number of imidazole rings is 1. The van der Waals surface area contributed by atoms with Crippen molar-refractivity contribution in [1.29, 1.82) is 0 Å². The minimum atomic E-state index is -4.58. The zero-order valence-electron chi connectivity index (χ0n) is 34.9. The molecule has 1 aliphatic carbocycles. The molecular weight excluding hydrogens is 818 g/mol. The number of anilines is 2. The number of rotatable bonds is 10. The number of nitrogens with one attached hydrogen (secondary N) is 2. The number of benzene rings is 3. The summed E-state index contributed by atoms with van der Waals surface area (Å²) in [6.07, 6.45) is 0.790. The van der Waals surface area contributed by atoms with Crippen LogP contribution < -0.4 is 15.5 Å². The van der Waals surface area contributed by atoms with Crippen LogP contribution in [0.2, 0.25) is 0 Å². The molecule has 5 heterocycles. The molecule has 332 valence electrons. The van der Waals surface area contributed by atoms with Crippen LogP contribution in [0.5, 0.6) is 0 Å². The molecule has 3 saturated heterocycles. The standard InChI is InChI=1S/C46H51F3N8O6/c47-46(48,49)32-3-1-2-31(23-32)41(60)52-45-50-37-11-6-30(22-39(37)56(45)33-7-4-29(27-58)5-8-33)26-54-20-18-53(19-21-54)25-28-14-16-55(17-15-28)34-9-10-35-36(24-34)44(63)57(43(35)62)38-12-13-40(59)51-42(38)61/h1-3,6,9-11,22-24,28-29,33,38,58H,4-5,7-8,12-21,25-27H2,(H,50,52,60)(H,51,59,61). The molecule has 0 radical (unpaired) electrons. The van der Waals surface area contributed by atoms with Crippen molar-refractivity contribution >= 4 is 52.2 Å². The van der Waals surface area contributed by atoms with Crippen molar-refractivity contribution in [3.63, 3.8) is 0 Å². The molecule has 17 heteroatoms. The lowest BCUT2D eigenvalue weighted by atomic mass is 9.86. The molecule has 5 aliphatic rings. The Morgan fingerprint density at radius 3 is 2.24 bits per heavy atom. The van der Waals surface area contributed by atoms with Crippen LogP contribution in [0.3, 0.4) is 0 Å². The number of hydrogen-bond acceptors (Lipinski definition) is 10. The maximum atomic E-state index is 13.4. The van der Waals surface area contributed by atoms with Gasteiger partial charge in [-0.25, -0.2) is 4.98 Å². The number of piperazine rings is 1. The van der Waals surface area contributed by atoms with E-state index >= 15 is 0 Å². The van der Waals surface area contributed by atoms with Crippen molar-refractivity contribution in [3.05, 3.63) is 88.5 Å². The van der Waals surface area contributed by atoms with Crippen LogP contribution in [0, 0.1) is 11.8 Å². The lowest BCUT2D eigenvalue weighted by Gasteiger charge is -2.39. The van der Waals surface area contributed by atoms with Gasteiger partial charge in [0, 0.05) is 82.7 Å². The van der Waals surface area contributed by atoms with E-state index in [0.717, 1.165) is 125 Å². The van der Waals surface area contributed by atoms with Crippen molar-refractivity contribution in [3.8, 4) is 0 Å². The second-order valence-electron chi connectivity index (χ2n) is 17.7. The number of piperidine rings is 2. The Bertz CT molecular complexity index is 2430. The minimum absolute atomic E-state index is 0.00127. The molecule has 5 amide bonds. The van der Waals surface area contributed by atoms with Gasteiger partial charge in [0.05, 0.1) is 27.7 Å². The van der Waals surface area contributed by atoms with Crippen LogP contribution in [-0.4, -0.2) is 117 Å². The number of hydrogen-bond donors (Lipinski definition) is 3. The number of fused-ring (bicyclic) bond motifs is 2. The Hall–Kier alpha value is -5.65. The summed E-state index contributed by atoms with van der Waals surface area (Å²) in [7, 11) is 0. The molecular formula is C46H51F3N8O6. The number of nitrogens with zero attached hydrogens (tertiary/aromatic N) is 6. The van der Waals surface area contributed by atoms with Gasteiger partial charge >= 0.3 is 6.18 Å². The van der Waals surface area contributed by atoms with Gasteiger partial charge < -0.3 is 19.5 Å². The molecule has 9 rings (SSSR count). The predicted molar refractivity (Wildman–Crippen MR) is 227 cm³/mol. The fourth-order valence-electron chi connectivity index (χ4n) is 10.1. The monoisotopic (exact) mass is 868 g/mol. The van der Waals surface area contributed by atoms with Gasteiger partial charge in [0.15, 0.2) is 0 Å². The van der Waals surface area contributed by atoms with Gasteiger partial charge in [0.2, 0.25) is 17.8 Å². The van der Waals surface area contributed by atoms with Gasteiger partial charge in [0.1, 0.15) is 6.04 Å². The Kier molecular flexibility index (Phi) is 11.8. The summed E-state index contributed by atoms with van der Waals surface area (Å²) >= 11 is 0. The molecule has 4 aromatic rings. The average molecular weight is 869 g/mol. The molecule has 1 atom stereocenters. The molecule has 1 unspecified atom stereocenters. The Morgan fingerprint density at radius 1 is 0.794 bits per heavy atom. The highest BCUT2D eigenvalue weighted by molar-refractivity contribution is 6.23. The number of aromatic nitrogens is 2. The summed E-state index contributed by atoms with van der Waals surface area (Å²) in [4.78, 5) is 77.0. The maximum absolute atomic E-state index is 13.4. The number of carbonyl (C=O) groups excluding carboxylic acids is 5. The van der Waals surface area contributed by atoms with Crippen LogP contribution in [-0.2, 0) is 22.3 Å². The molecule has 4 fully saturated rings. The van der Waals surface area contributed by atoms with E-state index in [9.17, 15) is 42.3 Å². The molecule has 0 spiro atoms. The van der Waals surface area contributed by atoms with E-state index in [1.54, 1.807) is 12.1 Å². The Labute approximate surface area is 362 Å². The molecule has 0 bridgehead atoms. The fourth-order valence-corrected chi connectivity index (χ4v) is 10.1. The van der Waals surface area contributed by atoms with E-state index in [2.05, 4.69) is 31.4 Å². The molecule has 63 heavy (non-hydrogen) atoms. The van der Waals surface area contributed by atoms with E-state index in [0.29, 0.717) is 22.9 Å². The Balaban J connectivity index is 0.800. The third kappa shape index (κ3) is 8.82. The number of alkyl halides is 3. The van der Waals surface area contributed by atoms with Crippen molar-refractivity contribution < 1.29 is 42.3 Å². The zero-order chi connectivity index (χ0) is 44.0. The molecule has 4 aliphatic heterocycles. The first kappa shape index (κ1) is 42.6. The summed E-state index contributed by atoms with van der Waals surface area (Å²) in [5, 5.41) is 14.8. The van der Waals surface area contributed by atoms with Crippen LogP contribution in [0.1, 0.15) is 99.6 Å². The van der Waals surface area contributed by atoms with Gasteiger partial charge in [-0.2, -0.15) is 13.2 Å². The van der Waals surface area contributed by atoms with Gasteiger partial charge in [-0.05, 0) is 111 Å². The first-order valence-corrected chi connectivity index (χ1v) is 22.0. The lowest BCUT2D eigenvalue weighted by molar-refractivity contribution is -0.138. The number of imide groups is 2. The maximum Gasteiger partial charge on any atom is 0.416 e. The quantitative estimate of drug-likeness (QED) is 0.175. The van der Waals surface area contributed by atoms with Crippen molar-refractivity contribution in [2.45, 2.75) is 76.2 Å². The van der Waals surface area contributed by atoms with Crippen LogP contribution in [0.15, 0.2) is 60.7 Å². The van der Waals surface area contributed by atoms with Gasteiger partial charge in [0.25, 0.3) is 17.7 Å². The normalized spacial score (nSPS) is 23.1. The highest BCUT2D eigenvalue weighted by Gasteiger charge is 2.45. The third-order valence-corrected chi connectivity index (χ3v) is 13.7. The molecule has 3 N–H and O–H groups in total. The van der Waals surface area contributed by atoms with Crippen molar-refractivity contribution in [2.75, 3.05) is 62.6 Å². The topological polar surface area (TPSA) is 160 Å². The number of aliphatic hydroxyl groups is 1. The predicted octanol–water partition coefficient (Wildman–Crippen LogP) is 5.47. The van der Waals surface area contributed by atoms with Gasteiger partial charge in [-0.1, -0.05) is 12.1 Å². The van der Waals surface area contributed by atoms with Crippen molar-refractivity contribution in [1.82, 2.24) is 29.6 Å². The molecule has 1 saturated carbocycles. The highest BCUT2D eigenvalue weighted by atomic mass is 19.4. The molecule has 1 aromatic heterocycles. The van der Waals surface area contributed by atoms with Crippen LogP contribution in [0.4, 0.5) is 24.8 Å². The zero-order valence-corrected chi connectivity index (χ0v) is 34.9. The number of amides is 5.